The van der Waals surface area contributed by atoms with Gasteiger partial charge in [0, 0.05) is 11.8 Å². The predicted molar refractivity (Wildman–Crippen MR) is 120 cm³/mol. The van der Waals surface area contributed by atoms with Gasteiger partial charge in [-0.15, -0.1) is 0 Å². The van der Waals surface area contributed by atoms with Gasteiger partial charge in [-0.3, -0.25) is 9.59 Å². The molecule has 0 fully saturated rings. The van der Waals surface area contributed by atoms with Gasteiger partial charge in [0.1, 0.15) is 0 Å². The zero-order valence-corrected chi connectivity index (χ0v) is 19.7. The Labute approximate surface area is 181 Å². The van der Waals surface area contributed by atoms with Crippen molar-refractivity contribution >= 4 is 20.1 Å². The fourth-order valence-corrected chi connectivity index (χ4v) is 5.59. The summed E-state index contributed by atoms with van der Waals surface area (Å²) < 4.78 is 10.6. The second kappa shape index (κ2) is 8.51. The number of hydrogen-bond donors (Lipinski definition) is 0. The Balaban J connectivity index is 2.01. The quantitative estimate of drug-likeness (QED) is 0.457. The summed E-state index contributed by atoms with van der Waals surface area (Å²) in [5, 5.41) is 1.26. The van der Waals surface area contributed by atoms with Crippen LogP contribution in [0.25, 0.3) is 0 Å². The highest BCUT2D eigenvalue weighted by atomic mass is 31.0. The highest BCUT2D eigenvalue weighted by Crippen LogP contribution is 2.45. The number of rotatable bonds is 6. The Morgan fingerprint density at radius 1 is 1.00 bits per heavy atom. The molecule has 1 heterocycles. The summed E-state index contributed by atoms with van der Waals surface area (Å²) in [5.41, 5.74) is 4.48. The van der Waals surface area contributed by atoms with Gasteiger partial charge in [-0.25, -0.2) is 0 Å². The van der Waals surface area contributed by atoms with E-state index in [0.29, 0.717) is 12.8 Å². The molecule has 5 heteroatoms. The van der Waals surface area contributed by atoms with Gasteiger partial charge in [0.25, 0.3) is 0 Å². The van der Waals surface area contributed by atoms with Gasteiger partial charge in [-0.05, 0) is 67.5 Å². The lowest BCUT2D eigenvalue weighted by molar-refractivity contribution is -0.171. The van der Waals surface area contributed by atoms with Crippen molar-refractivity contribution in [3.05, 3.63) is 63.2 Å². The van der Waals surface area contributed by atoms with Gasteiger partial charge >= 0.3 is 11.9 Å². The minimum absolute atomic E-state index is 0.161. The molecule has 0 amide bonds. The van der Waals surface area contributed by atoms with E-state index in [4.69, 9.17) is 9.47 Å². The van der Waals surface area contributed by atoms with Gasteiger partial charge < -0.3 is 9.47 Å². The van der Waals surface area contributed by atoms with Crippen LogP contribution in [0, 0.1) is 19.3 Å². The van der Waals surface area contributed by atoms with Crippen molar-refractivity contribution in [1.29, 1.82) is 0 Å². The van der Waals surface area contributed by atoms with E-state index in [1.165, 1.54) is 22.0 Å². The van der Waals surface area contributed by atoms with Crippen molar-refractivity contribution in [3.8, 4) is 0 Å². The maximum absolute atomic E-state index is 12.8. The number of esters is 2. The maximum atomic E-state index is 12.8. The van der Waals surface area contributed by atoms with Crippen LogP contribution in [0.5, 0.6) is 0 Å². The smallest absolute Gasteiger partial charge is 0.324 e. The summed E-state index contributed by atoms with van der Waals surface area (Å²) >= 11 is 0. The normalized spacial score (nSPS) is 15.1. The molecule has 1 aliphatic carbocycles. The fourth-order valence-electron chi connectivity index (χ4n) is 4.36. The zero-order valence-electron chi connectivity index (χ0n) is 18.8. The van der Waals surface area contributed by atoms with Crippen LogP contribution in [0.4, 0.5) is 0 Å². The monoisotopic (exact) mass is 426 g/mol. The number of carbonyl (C=O) groups is 2. The molecule has 1 aliphatic rings. The Morgan fingerprint density at radius 3 is 2.20 bits per heavy atom. The van der Waals surface area contributed by atoms with Crippen molar-refractivity contribution < 1.29 is 19.1 Å². The lowest BCUT2D eigenvalue weighted by Gasteiger charge is -2.28. The molecule has 3 rings (SSSR count). The number of ether oxygens (including phenoxy) is 2. The SMILES string of the molecule is CCOC(=O)C1(C(=O)OCC)Cc2cpc(C(C)(C)c3cc(C)ccc3C)cc2C1. The summed E-state index contributed by atoms with van der Waals surface area (Å²) in [6.45, 7) is 12.7. The molecule has 2 aromatic rings. The minimum Gasteiger partial charge on any atom is -0.465 e. The van der Waals surface area contributed by atoms with Crippen LogP contribution < -0.4 is 0 Å². The van der Waals surface area contributed by atoms with Gasteiger partial charge in [-0.1, -0.05) is 51.9 Å². The van der Waals surface area contributed by atoms with E-state index in [2.05, 4.69) is 57.8 Å². The molecule has 0 N–H and O–H groups in total. The topological polar surface area (TPSA) is 52.6 Å². The number of benzene rings is 1. The highest BCUT2D eigenvalue weighted by Gasteiger charge is 2.53. The molecule has 0 saturated carbocycles. The number of carbonyl (C=O) groups excluding carboxylic acids is 2. The molecule has 0 aliphatic heterocycles. The molecular formula is C25H31O4P. The number of hydrogen-bond acceptors (Lipinski definition) is 4. The van der Waals surface area contributed by atoms with E-state index in [1.807, 2.05) is 0 Å². The third kappa shape index (κ3) is 3.90. The summed E-state index contributed by atoms with van der Waals surface area (Å²) in [7, 11) is 1.10. The average molecular weight is 426 g/mol. The summed E-state index contributed by atoms with van der Waals surface area (Å²) in [6.07, 6.45) is 0.680. The first kappa shape index (κ1) is 22.5. The van der Waals surface area contributed by atoms with Crippen molar-refractivity contribution in [2.24, 2.45) is 5.41 Å². The molecule has 0 radical (unpaired) electrons. The molecule has 4 nitrogen and oxygen atoms in total. The zero-order chi connectivity index (χ0) is 22.1. The van der Waals surface area contributed by atoms with E-state index >= 15 is 0 Å². The Kier molecular flexibility index (Phi) is 6.38. The molecule has 0 unspecified atom stereocenters. The van der Waals surface area contributed by atoms with Crippen LogP contribution in [-0.2, 0) is 37.3 Å². The molecule has 30 heavy (non-hydrogen) atoms. The average Bonchev–Trinajstić information content (AvgIpc) is 3.10. The lowest BCUT2D eigenvalue weighted by atomic mass is 9.79. The van der Waals surface area contributed by atoms with E-state index in [-0.39, 0.29) is 18.6 Å². The van der Waals surface area contributed by atoms with Gasteiger partial charge in [0.15, 0.2) is 5.41 Å². The number of fused-ring (bicyclic) bond motifs is 1. The molecule has 1 aromatic heterocycles. The van der Waals surface area contributed by atoms with Gasteiger partial charge in [-0.2, -0.15) is 0 Å². The fraction of sp³-hybridized carbons (Fsp3) is 0.480. The molecule has 0 bridgehead atoms. The molecule has 1 aromatic carbocycles. The largest absolute Gasteiger partial charge is 0.465 e. The van der Waals surface area contributed by atoms with E-state index in [1.54, 1.807) is 13.8 Å². The van der Waals surface area contributed by atoms with Crippen LogP contribution in [0.1, 0.15) is 60.8 Å². The summed E-state index contributed by atoms with van der Waals surface area (Å²) in [4.78, 5) is 25.6. The standard InChI is InChI=1S/C25H31O4P/c1-7-28-22(26)25(23(27)29-8-2)13-18-12-21(30-15-19(18)14-25)24(5,6)20-11-16(3)9-10-17(20)4/h9-12,15H,7-8,13-14H2,1-6H3. The van der Waals surface area contributed by atoms with Gasteiger partial charge in [0.2, 0.25) is 0 Å². The van der Waals surface area contributed by atoms with E-state index < -0.39 is 17.4 Å². The summed E-state index contributed by atoms with van der Waals surface area (Å²) in [5.74, 6) is 1.19. The van der Waals surface area contributed by atoms with Crippen molar-refractivity contribution in [1.82, 2.24) is 0 Å². The van der Waals surface area contributed by atoms with Crippen LogP contribution in [0.2, 0.25) is 0 Å². The first-order chi connectivity index (χ1) is 14.2. The van der Waals surface area contributed by atoms with E-state index in [9.17, 15) is 9.59 Å². The molecule has 0 spiro atoms. The third-order valence-corrected chi connectivity index (χ3v) is 7.51. The van der Waals surface area contributed by atoms with Gasteiger partial charge in [0.05, 0.1) is 13.2 Å². The highest BCUT2D eigenvalue weighted by molar-refractivity contribution is 7.30. The maximum Gasteiger partial charge on any atom is 0.324 e. The van der Waals surface area contributed by atoms with Crippen molar-refractivity contribution in [2.45, 2.75) is 59.8 Å². The molecule has 0 saturated heterocycles. The molecular weight excluding hydrogens is 395 g/mol. The first-order valence-corrected chi connectivity index (χ1v) is 11.5. The Morgan fingerprint density at radius 2 is 1.60 bits per heavy atom. The predicted octanol–water partition coefficient (Wildman–Crippen LogP) is 5.42. The minimum atomic E-state index is -1.27. The number of aryl methyl sites for hydroxylation is 2. The Hall–Kier alpha value is -2.19. The van der Waals surface area contributed by atoms with E-state index in [0.717, 1.165) is 19.3 Å². The second-order valence-electron chi connectivity index (χ2n) is 8.66. The van der Waals surface area contributed by atoms with Crippen LogP contribution in [0.15, 0.2) is 30.1 Å². The Bertz CT molecular complexity index is 959. The van der Waals surface area contributed by atoms with Crippen LogP contribution >= 0.6 is 8.19 Å². The molecule has 160 valence electrons. The van der Waals surface area contributed by atoms with Crippen LogP contribution in [-0.4, -0.2) is 25.2 Å². The third-order valence-electron chi connectivity index (χ3n) is 6.11. The lowest BCUT2D eigenvalue weighted by Crippen LogP contribution is -2.43. The van der Waals surface area contributed by atoms with Crippen molar-refractivity contribution in [2.75, 3.05) is 13.2 Å². The molecule has 0 atom stereocenters. The van der Waals surface area contributed by atoms with Crippen LogP contribution in [0.3, 0.4) is 0 Å². The van der Waals surface area contributed by atoms with Crippen molar-refractivity contribution in [3.63, 3.8) is 0 Å². The first-order valence-electron chi connectivity index (χ1n) is 10.6. The second-order valence-corrected chi connectivity index (χ2v) is 9.66. The summed E-state index contributed by atoms with van der Waals surface area (Å²) in [6, 6.07) is 8.76.